The van der Waals surface area contributed by atoms with Gasteiger partial charge in [-0.25, -0.2) is 4.39 Å². The Hall–Kier alpha value is -4.01. The molecular weight excluding hydrogens is 425 g/mol. The van der Waals surface area contributed by atoms with Gasteiger partial charge in [-0.2, -0.15) is 10.1 Å². The van der Waals surface area contributed by atoms with Crippen molar-refractivity contribution in [2.24, 2.45) is 7.05 Å². The van der Waals surface area contributed by atoms with E-state index in [1.807, 2.05) is 37.4 Å². The maximum atomic E-state index is 13.6. The Morgan fingerprint density at radius 1 is 1.18 bits per heavy atom. The number of aryl methyl sites for hydroxylation is 1. The third-order valence-electron chi connectivity index (χ3n) is 5.67. The van der Waals surface area contributed by atoms with Crippen molar-refractivity contribution in [3.63, 3.8) is 0 Å². The highest BCUT2D eigenvalue weighted by Crippen LogP contribution is 2.30. The van der Waals surface area contributed by atoms with Gasteiger partial charge in [-0.1, -0.05) is 35.5 Å². The van der Waals surface area contributed by atoms with E-state index in [1.165, 1.54) is 12.1 Å². The summed E-state index contributed by atoms with van der Waals surface area (Å²) in [5.41, 5.74) is 2.91. The maximum Gasteiger partial charge on any atom is 0.279 e. The predicted molar refractivity (Wildman–Crippen MR) is 118 cm³/mol. The van der Waals surface area contributed by atoms with E-state index in [4.69, 9.17) is 9.26 Å². The van der Waals surface area contributed by atoms with Gasteiger partial charge in [0.2, 0.25) is 5.82 Å². The molecule has 9 heteroatoms. The molecule has 1 atom stereocenters. The summed E-state index contributed by atoms with van der Waals surface area (Å²) < 4.78 is 26.6. The summed E-state index contributed by atoms with van der Waals surface area (Å²) in [5.74, 6) is 0.667. The summed E-state index contributed by atoms with van der Waals surface area (Å²) in [6.07, 6.45) is 0.0186. The number of fused-ring (bicyclic) bond motifs is 1. The number of carbonyl (C=O) groups excluding carboxylic acids is 1. The van der Waals surface area contributed by atoms with Crippen LogP contribution in [0, 0.1) is 5.82 Å². The van der Waals surface area contributed by atoms with Crippen LogP contribution in [0.3, 0.4) is 0 Å². The normalized spacial score (nSPS) is 14.1. The minimum absolute atomic E-state index is 0.106. The number of ether oxygens (including phenoxy) is 1. The van der Waals surface area contributed by atoms with Crippen molar-refractivity contribution in [3.05, 3.63) is 71.7 Å². The zero-order chi connectivity index (χ0) is 22.9. The second-order valence-corrected chi connectivity index (χ2v) is 7.91. The molecule has 0 fully saturated rings. The molecule has 0 unspecified atom stereocenters. The number of hydrogen-bond donors (Lipinski definition) is 0. The number of amides is 1. The van der Waals surface area contributed by atoms with E-state index in [0.29, 0.717) is 36.5 Å². The average molecular weight is 447 g/mol. The summed E-state index contributed by atoms with van der Waals surface area (Å²) in [4.78, 5) is 19.3. The van der Waals surface area contributed by atoms with Crippen LogP contribution in [0.15, 0.2) is 59.1 Å². The quantitative estimate of drug-likeness (QED) is 0.464. The number of rotatable bonds is 5. The predicted octanol–water partition coefficient (Wildman–Crippen LogP) is 3.63. The minimum Gasteiger partial charge on any atom is -0.481 e. The maximum absolute atomic E-state index is 13.6. The Morgan fingerprint density at radius 3 is 2.79 bits per heavy atom. The number of carbonyl (C=O) groups is 1. The first-order valence-corrected chi connectivity index (χ1v) is 10.6. The Labute approximate surface area is 189 Å². The molecule has 4 aromatic rings. The molecule has 1 amide bonds. The first-order chi connectivity index (χ1) is 16.0. The number of aromatic nitrogens is 4. The Balaban J connectivity index is 1.38. The van der Waals surface area contributed by atoms with Crippen molar-refractivity contribution in [2.75, 3.05) is 6.54 Å². The van der Waals surface area contributed by atoms with E-state index in [2.05, 4.69) is 15.2 Å². The second-order valence-electron chi connectivity index (χ2n) is 7.91. The second kappa shape index (κ2) is 8.50. The molecule has 1 aliphatic heterocycles. The lowest BCUT2D eigenvalue weighted by Gasteiger charge is -2.29. The highest BCUT2D eigenvalue weighted by Gasteiger charge is 2.31. The summed E-state index contributed by atoms with van der Waals surface area (Å²) in [5, 5.41) is 8.56. The molecule has 0 saturated carbocycles. The Kier molecular flexibility index (Phi) is 5.37. The number of hydrogen-bond acceptors (Lipinski definition) is 6. The molecule has 0 saturated heterocycles. The van der Waals surface area contributed by atoms with Crippen molar-refractivity contribution in [1.29, 1.82) is 0 Å². The Morgan fingerprint density at radius 2 is 2.00 bits per heavy atom. The lowest BCUT2D eigenvalue weighted by Crippen LogP contribution is -2.43. The van der Waals surface area contributed by atoms with Crippen LogP contribution in [0.5, 0.6) is 5.75 Å². The van der Waals surface area contributed by atoms with Gasteiger partial charge in [-0.05, 0) is 31.2 Å². The van der Waals surface area contributed by atoms with Gasteiger partial charge >= 0.3 is 0 Å². The van der Waals surface area contributed by atoms with Crippen LogP contribution in [-0.4, -0.2) is 43.4 Å². The molecule has 0 bridgehead atoms. The molecule has 168 valence electrons. The van der Waals surface area contributed by atoms with Crippen LogP contribution < -0.4 is 4.74 Å². The van der Waals surface area contributed by atoms with Crippen molar-refractivity contribution in [2.45, 2.75) is 26.0 Å². The van der Waals surface area contributed by atoms with Crippen LogP contribution in [0.25, 0.3) is 23.0 Å². The summed E-state index contributed by atoms with van der Waals surface area (Å²) >= 11 is 0. The molecule has 2 aromatic carbocycles. The van der Waals surface area contributed by atoms with Crippen LogP contribution in [0.2, 0.25) is 0 Å². The van der Waals surface area contributed by atoms with E-state index in [9.17, 15) is 9.18 Å². The zero-order valence-electron chi connectivity index (χ0n) is 18.2. The molecule has 3 heterocycles. The Bertz CT molecular complexity index is 1300. The van der Waals surface area contributed by atoms with Crippen molar-refractivity contribution < 1.29 is 18.4 Å². The number of para-hydroxylation sites is 1. The molecule has 0 radical (unpaired) electrons. The fraction of sp³-hybridized carbons (Fsp3) is 0.250. The zero-order valence-corrected chi connectivity index (χ0v) is 18.2. The summed E-state index contributed by atoms with van der Waals surface area (Å²) in [6, 6.07) is 15.3. The molecule has 33 heavy (non-hydrogen) atoms. The first kappa shape index (κ1) is 20.9. The van der Waals surface area contributed by atoms with Gasteiger partial charge in [0.1, 0.15) is 11.6 Å². The summed E-state index contributed by atoms with van der Waals surface area (Å²) in [7, 11) is 1.85. The minimum atomic E-state index is -0.628. The summed E-state index contributed by atoms with van der Waals surface area (Å²) in [6.45, 7) is 2.67. The molecule has 0 spiro atoms. The van der Waals surface area contributed by atoms with Gasteiger partial charge in [-0.3, -0.25) is 9.48 Å². The standard InChI is InChI=1S/C24H22FN5O3/c1-15(32-18-9-4-3-5-10-18)24(31)30-12-11-20-19(14-30)21(27-29(20)2)23-26-22(28-33-23)16-7-6-8-17(25)13-16/h3-10,13,15H,11-12,14H2,1-2H3/t15-/m1/s1. The van der Waals surface area contributed by atoms with Gasteiger partial charge < -0.3 is 14.2 Å². The molecular formula is C24H22FN5O3. The van der Waals surface area contributed by atoms with E-state index in [1.54, 1.807) is 28.6 Å². The van der Waals surface area contributed by atoms with Crippen LogP contribution in [0.4, 0.5) is 4.39 Å². The third kappa shape index (κ3) is 4.09. The highest BCUT2D eigenvalue weighted by molar-refractivity contribution is 5.81. The topological polar surface area (TPSA) is 86.3 Å². The lowest BCUT2D eigenvalue weighted by atomic mass is 10.0. The first-order valence-electron chi connectivity index (χ1n) is 10.6. The van der Waals surface area contributed by atoms with Crippen molar-refractivity contribution in [1.82, 2.24) is 24.8 Å². The molecule has 5 rings (SSSR count). The monoisotopic (exact) mass is 447 g/mol. The van der Waals surface area contributed by atoms with E-state index in [-0.39, 0.29) is 23.4 Å². The number of halogens is 1. The average Bonchev–Trinajstić information content (AvgIpc) is 3.44. The van der Waals surface area contributed by atoms with Gasteiger partial charge in [0.15, 0.2) is 11.8 Å². The SMILES string of the molecule is C[C@@H](Oc1ccccc1)C(=O)N1CCc2c(c(-c3nc(-c4cccc(F)c4)no3)nn2C)C1. The molecule has 1 aliphatic rings. The van der Waals surface area contributed by atoms with Crippen LogP contribution in [-0.2, 0) is 24.8 Å². The van der Waals surface area contributed by atoms with Crippen molar-refractivity contribution in [3.8, 4) is 28.7 Å². The van der Waals surface area contributed by atoms with Gasteiger partial charge in [0.25, 0.3) is 11.8 Å². The van der Waals surface area contributed by atoms with Gasteiger partial charge in [0, 0.05) is 43.4 Å². The largest absolute Gasteiger partial charge is 0.481 e. The van der Waals surface area contributed by atoms with E-state index in [0.717, 1.165) is 11.3 Å². The fourth-order valence-corrected chi connectivity index (χ4v) is 4.03. The van der Waals surface area contributed by atoms with Crippen molar-refractivity contribution >= 4 is 5.91 Å². The van der Waals surface area contributed by atoms with E-state index >= 15 is 0 Å². The molecule has 2 aromatic heterocycles. The van der Waals surface area contributed by atoms with Crippen LogP contribution >= 0.6 is 0 Å². The molecule has 8 nitrogen and oxygen atoms in total. The number of nitrogens with zero attached hydrogens (tertiary/aromatic N) is 5. The fourth-order valence-electron chi connectivity index (χ4n) is 4.03. The lowest BCUT2D eigenvalue weighted by molar-refractivity contribution is -0.138. The molecule has 0 aliphatic carbocycles. The third-order valence-corrected chi connectivity index (χ3v) is 5.67. The van der Waals surface area contributed by atoms with Gasteiger partial charge in [-0.15, -0.1) is 0 Å². The van der Waals surface area contributed by atoms with Crippen LogP contribution in [0.1, 0.15) is 18.2 Å². The smallest absolute Gasteiger partial charge is 0.279 e. The van der Waals surface area contributed by atoms with E-state index < -0.39 is 6.10 Å². The highest BCUT2D eigenvalue weighted by atomic mass is 19.1. The molecule has 0 N–H and O–H groups in total. The van der Waals surface area contributed by atoms with Gasteiger partial charge in [0.05, 0.1) is 0 Å². The number of benzene rings is 2.